The van der Waals surface area contributed by atoms with Crippen LogP contribution in [0.1, 0.15) is 12.8 Å². The minimum atomic E-state index is -0.391. The number of benzene rings is 1. The quantitative estimate of drug-likeness (QED) is 0.855. The lowest BCUT2D eigenvalue weighted by molar-refractivity contribution is -0.132. The summed E-state index contributed by atoms with van der Waals surface area (Å²) in [6, 6.07) is 4.60. The molecule has 17 heavy (non-hydrogen) atoms. The van der Waals surface area contributed by atoms with Gasteiger partial charge in [-0.25, -0.2) is 4.39 Å². The molecule has 0 aliphatic heterocycles. The SMILES string of the molecule is CN(C(=O)COc1cc(F)cc(Br)c1)C1CC1. The maximum atomic E-state index is 13.0. The molecule has 0 saturated heterocycles. The maximum absolute atomic E-state index is 13.0. The molecule has 1 aliphatic rings. The van der Waals surface area contributed by atoms with Gasteiger partial charge in [-0.2, -0.15) is 0 Å². The van der Waals surface area contributed by atoms with Crippen molar-refractivity contribution in [2.24, 2.45) is 0 Å². The lowest BCUT2D eigenvalue weighted by Crippen LogP contribution is -2.33. The van der Waals surface area contributed by atoms with Gasteiger partial charge in [-0.15, -0.1) is 0 Å². The Hall–Kier alpha value is -1.10. The Bertz CT molecular complexity index is 414. The van der Waals surface area contributed by atoms with Gasteiger partial charge in [0.15, 0.2) is 6.61 Å². The second-order valence-corrected chi connectivity index (χ2v) is 5.05. The Morgan fingerprint density at radius 1 is 1.53 bits per heavy atom. The predicted octanol–water partition coefficient (Wildman–Crippen LogP) is 2.59. The van der Waals surface area contributed by atoms with Crippen LogP contribution >= 0.6 is 15.9 Å². The van der Waals surface area contributed by atoms with Gasteiger partial charge in [-0.1, -0.05) is 15.9 Å². The summed E-state index contributed by atoms with van der Waals surface area (Å²) in [7, 11) is 1.77. The van der Waals surface area contributed by atoms with E-state index in [1.807, 2.05) is 0 Å². The third-order valence-corrected chi connectivity index (χ3v) is 3.14. The molecule has 0 spiro atoms. The maximum Gasteiger partial charge on any atom is 0.260 e. The third kappa shape index (κ3) is 3.43. The van der Waals surface area contributed by atoms with Crippen LogP contribution in [-0.4, -0.2) is 30.5 Å². The van der Waals surface area contributed by atoms with Crippen molar-refractivity contribution >= 4 is 21.8 Å². The van der Waals surface area contributed by atoms with E-state index < -0.39 is 5.82 Å². The summed E-state index contributed by atoms with van der Waals surface area (Å²) in [6.45, 7) is -0.0527. The van der Waals surface area contributed by atoms with Crippen LogP contribution in [0.5, 0.6) is 5.75 Å². The van der Waals surface area contributed by atoms with E-state index in [-0.39, 0.29) is 12.5 Å². The zero-order chi connectivity index (χ0) is 12.4. The number of likely N-dealkylation sites (N-methyl/N-ethyl adjacent to an activating group) is 1. The fourth-order valence-electron chi connectivity index (χ4n) is 1.52. The van der Waals surface area contributed by atoms with E-state index in [0.29, 0.717) is 16.3 Å². The van der Waals surface area contributed by atoms with Crippen molar-refractivity contribution in [2.45, 2.75) is 18.9 Å². The smallest absolute Gasteiger partial charge is 0.260 e. The van der Waals surface area contributed by atoms with Gasteiger partial charge in [0.25, 0.3) is 5.91 Å². The molecule has 0 unspecified atom stereocenters. The molecule has 1 amide bonds. The summed E-state index contributed by atoms with van der Waals surface area (Å²) in [4.78, 5) is 13.4. The number of nitrogens with zero attached hydrogens (tertiary/aromatic N) is 1. The molecule has 1 saturated carbocycles. The van der Waals surface area contributed by atoms with Gasteiger partial charge in [0.1, 0.15) is 11.6 Å². The molecular weight excluding hydrogens is 289 g/mol. The number of hydrogen-bond acceptors (Lipinski definition) is 2. The minimum absolute atomic E-state index is 0.0527. The van der Waals surface area contributed by atoms with Gasteiger partial charge in [-0.05, 0) is 25.0 Å². The third-order valence-electron chi connectivity index (χ3n) is 2.69. The van der Waals surface area contributed by atoms with Crippen molar-refractivity contribution in [1.82, 2.24) is 4.90 Å². The van der Waals surface area contributed by atoms with E-state index in [1.54, 1.807) is 18.0 Å². The first kappa shape index (κ1) is 12.4. The van der Waals surface area contributed by atoms with Crippen LogP contribution in [0.15, 0.2) is 22.7 Å². The molecule has 0 aromatic heterocycles. The van der Waals surface area contributed by atoms with Crippen molar-refractivity contribution in [3.05, 3.63) is 28.5 Å². The molecule has 1 aliphatic carbocycles. The fraction of sp³-hybridized carbons (Fsp3) is 0.417. The molecule has 2 rings (SSSR count). The highest BCUT2D eigenvalue weighted by molar-refractivity contribution is 9.10. The molecule has 1 aromatic carbocycles. The van der Waals surface area contributed by atoms with Gasteiger partial charge in [-0.3, -0.25) is 4.79 Å². The van der Waals surface area contributed by atoms with Crippen molar-refractivity contribution in [2.75, 3.05) is 13.7 Å². The average molecular weight is 302 g/mol. The number of hydrogen-bond donors (Lipinski definition) is 0. The molecular formula is C12H13BrFNO2. The standard InChI is InChI=1S/C12H13BrFNO2/c1-15(10-2-3-10)12(16)7-17-11-5-8(13)4-9(14)6-11/h4-6,10H,2-3,7H2,1H3. The largest absolute Gasteiger partial charge is 0.484 e. The van der Waals surface area contributed by atoms with Crippen LogP contribution < -0.4 is 4.74 Å². The van der Waals surface area contributed by atoms with E-state index in [0.717, 1.165) is 12.8 Å². The number of halogens is 2. The van der Waals surface area contributed by atoms with Crippen LogP contribution in [0.4, 0.5) is 4.39 Å². The zero-order valence-electron chi connectivity index (χ0n) is 9.45. The van der Waals surface area contributed by atoms with Gasteiger partial charge < -0.3 is 9.64 Å². The zero-order valence-corrected chi connectivity index (χ0v) is 11.0. The Morgan fingerprint density at radius 3 is 2.82 bits per heavy atom. The molecule has 0 N–H and O–H groups in total. The molecule has 5 heteroatoms. The number of rotatable bonds is 4. The number of carbonyl (C=O) groups excluding carboxylic acids is 1. The highest BCUT2D eigenvalue weighted by Crippen LogP contribution is 2.25. The normalized spacial score (nSPS) is 14.5. The second-order valence-electron chi connectivity index (χ2n) is 4.13. The topological polar surface area (TPSA) is 29.5 Å². The van der Waals surface area contributed by atoms with E-state index in [9.17, 15) is 9.18 Å². The molecule has 1 aromatic rings. The Balaban J connectivity index is 1.90. The second kappa shape index (κ2) is 5.04. The number of carbonyl (C=O) groups is 1. The summed E-state index contributed by atoms with van der Waals surface area (Å²) in [6.07, 6.45) is 2.13. The van der Waals surface area contributed by atoms with Crippen molar-refractivity contribution in [1.29, 1.82) is 0 Å². The highest BCUT2D eigenvalue weighted by Gasteiger charge is 2.29. The molecule has 0 heterocycles. The van der Waals surface area contributed by atoms with Gasteiger partial charge in [0.05, 0.1) is 0 Å². The molecule has 3 nitrogen and oxygen atoms in total. The monoisotopic (exact) mass is 301 g/mol. The van der Waals surface area contributed by atoms with E-state index >= 15 is 0 Å². The van der Waals surface area contributed by atoms with Gasteiger partial charge in [0, 0.05) is 23.6 Å². The first-order valence-electron chi connectivity index (χ1n) is 5.41. The molecule has 0 atom stereocenters. The summed E-state index contributed by atoms with van der Waals surface area (Å²) < 4.78 is 18.9. The van der Waals surface area contributed by atoms with Crippen LogP contribution in [0.2, 0.25) is 0 Å². The molecule has 1 fully saturated rings. The fourth-order valence-corrected chi connectivity index (χ4v) is 1.97. The average Bonchev–Trinajstić information content (AvgIpc) is 3.07. The number of amides is 1. The Labute approximate surface area is 108 Å². The predicted molar refractivity (Wildman–Crippen MR) is 65.4 cm³/mol. The van der Waals surface area contributed by atoms with Gasteiger partial charge in [0.2, 0.25) is 0 Å². The number of ether oxygens (including phenoxy) is 1. The first-order chi connectivity index (χ1) is 8.06. The van der Waals surface area contributed by atoms with Crippen LogP contribution in [0, 0.1) is 5.82 Å². The Kier molecular flexibility index (Phi) is 3.66. The minimum Gasteiger partial charge on any atom is -0.484 e. The van der Waals surface area contributed by atoms with Gasteiger partial charge >= 0.3 is 0 Å². The summed E-state index contributed by atoms with van der Waals surface area (Å²) >= 11 is 3.17. The molecule has 92 valence electrons. The highest BCUT2D eigenvalue weighted by atomic mass is 79.9. The van der Waals surface area contributed by atoms with Crippen molar-refractivity contribution in [3.8, 4) is 5.75 Å². The Morgan fingerprint density at radius 2 is 2.24 bits per heavy atom. The first-order valence-corrected chi connectivity index (χ1v) is 6.20. The lowest BCUT2D eigenvalue weighted by atomic mass is 10.3. The summed E-state index contributed by atoms with van der Waals surface area (Å²) in [5.41, 5.74) is 0. The molecule has 0 bridgehead atoms. The van der Waals surface area contributed by atoms with E-state index in [2.05, 4.69) is 15.9 Å². The van der Waals surface area contributed by atoms with Crippen LogP contribution in [0.25, 0.3) is 0 Å². The van der Waals surface area contributed by atoms with E-state index in [1.165, 1.54) is 12.1 Å². The van der Waals surface area contributed by atoms with Crippen molar-refractivity contribution in [3.63, 3.8) is 0 Å². The summed E-state index contributed by atoms with van der Waals surface area (Å²) in [5, 5.41) is 0. The lowest BCUT2D eigenvalue weighted by Gasteiger charge is -2.16. The van der Waals surface area contributed by atoms with Crippen LogP contribution in [-0.2, 0) is 4.79 Å². The molecule has 0 radical (unpaired) electrons. The van der Waals surface area contributed by atoms with E-state index in [4.69, 9.17) is 4.74 Å². The summed E-state index contributed by atoms with van der Waals surface area (Å²) in [5.74, 6) is -0.111. The van der Waals surface area contributed by atoms with Crippen molar-refractivity contribution < 1.29 is 13.9 Å². The van der Waals surface area contributed by atoms with Crippen LogP contribution in [0.3, 0.4) is 0 Å².